The van der Waals surface area contributed by atoms with E-state index in [0.29, 0.717) is 5.91 Å². The number of hydrogen-bond acceptors (Lipinski definition) is 3. The van der Waals surface area contributed by atoms with Gasteiger partial charge in [0, 0.05) is 11.3 Å². The van der Waals surface area contributed by atoms with E-state index in [1.807, 2.05) is 11.8 Å². The van der Waals surface area contributed by atoms with Crippen molar-refractivity contribution >= 4 is 17.7 Å². The van der Waals surface area contributed by atoms with Crippen LogP contribution in [0.25, 0.3) is 0 Å². The number of carbonyl (C=O) groups is 1. The van der Waals surface area contributed by atoms with Crippen LogP contribution in [-0.2, 0) is 4.79 Å². The Bertz CT molecular complexity index is 302. The molecule has 2 rings (SSSR count). The third-order valence-corrected chi connectivity index (χ3v) is 6.13. The maximum atomic E-state index is 12.4. The van der Waals surface area contributed by atoms with Crippen molar-refractivity contribution in [3.05, 3.63) is 0 Å². The first-order valence-corrected chi connectivity index (χ1v) is 7.89. The van der Waals surface area contributed by atoms with Crippen LogP contribution in [0.15, 0.2) is 0 Å². The van der Waals surface area contributed by atoms with E-state index in [0.717, 1.165) is 32.2 Å². The second kappa shape index (κ2) is 4.47. The number of nitrogens with one attached hydrogen (secondary N) is 1. The molecule has 0 aromatic rings. The first-order chi connectivity index (χ1) is 8.02. The van der Waals surface area contributed by atoms with Crippen LogP contribution in [0.4, 0.5) is 0 Å². The van der Waals surface area contributed by atoms with Crippen LogP contribution in [0.1, 0.15) is 46.5 Å². The van der Waals surface area contributed by atoms with Crippen LogP contribution in [0.3, 0.4) is 0 Å². The maximum absolute atomic E-state index is 12.4. The van der Waals surface area contributed by atoms with E-state index in [4.69, 9.17) is 0 Å². The summed E-state index contributed by atoms with van der Waals surface area (Å²) in [5.41, 5.74) is -0.162. The molecule has 98 valence electrons. The van der Waals surface area contributed by atoms with Gasteiger partial charge >= 0.3 is 0 Å². The Morgan fingerprint density at radius 2 is 2.06 bits per heavy atom. The van der Waals surface area contributed by atoms with E-state index in [2.05, 4.69) is 37.2 Å². The molecule has 1 N–H and O–H groups in total. The minimum absolute atomic E-state index is 0.162. The van der Waals surface area contributed by atoms with Crippen molar-refractivity contribution in [1.29, 1.82) is 0 Å². The van der Waals surface area contributed by atoms with Gasteiger partial charge in [0.25, 0.3) is 0 Å². The topological polar surface area (TPSA) is 32.3 Å². The molecule has 0 bridgehead atoms. The second-order valence-corrected chi connectivity index (χ2v) is 6.70. The molecule has 0 radical (unpaired) electrons. The van der Waals surface area contributed by atoms with Crippen molar-refractivity contribution in [2.75, 3.05) is 12.8 Å². The lowest BCUT2D eigenvalue weighted by molar-refractivity contribution is -0.131. The normalized spacial score (nSPS) is 26.9. The summed E-state index contributed by atoms with van der Waals surface area (Å²) < 4.78 is 0.228. The number of thioether (sulfide) groups is 1. The molecule has 2 aliphatic rings. The zero-order chi connectivity index (χ0) is 12.7. The Morgan fingerprint density at radius 1 is 1.47 bits per heavy atom. The fraction of sp³-hybridized carbons (Fsp3) is 0.923. The number of nitrogens with zero attached hydrogens (tertiary/aromatic N) is 1. The summed E-state index contributed by atoms with van der Waals surface area (Å²) in [6.07, 6.45) is 6.66. The first-order valence-electron chi connectivity index (χ1n) is 6.66. The van der Waals surface area contributed by atoms with Crippen LogP contribution < -0.4 is 5.32 Å². The fourth-order valence-electron chi connectivity index (χ4n) is 2.82. The molecule has 1 unspecified atom stereocenters. The largest absolute Gasteiger partial charge is 0.324 e. The van der Waals surface area contributed by atoms with Gasteiger partial charge in [-0.3, -0.25) is 10.1 Å². The fourth-order valence-corrected chi connectivity index (χ4v) is 3.67. The Morgan fingerprint density at radius 3 is 2.41 bits per heavy atom. The van der Waals surface area contributed by atoms with Crippen molar-refractivity contribution < 1.29 is 4.79 Å². The molecule has 1 spiro atoms. The zero-order valence-electron chi connectivity index (χ0n) is 11.4. The molecule has 2 fully saturated rings. The van der Waals surface area contributed by atoms with E-state index >= 15 is 0 Å². The van der Waals surface area contributed by atoms with E-state index in [-0.39, 0.29) is 16.5 Å². The average molecular weight is 256 g/mol. The summed E-state index contributed by atoms with van der Waals surface area (Å²) >= 11 is 1.91. The van der Waals surface area contributed by atoms with Crippen molar-refractivity contribution in [3.8, 4) is 0 Å². The molecule has 1 saturated heterocycles. The quantitative estimate of drug-likeness (QED) is 0.818. The van der Waals surface area contributed by atoms with E-state index in [9.17, 15) is 4.79 Å². The standard InChI is InChI=1S/C13H24N2OS/c1-5-12(6-2,17-4)9-15-10(3)14-13(7-8-13)11(15)16/h10,14H,5-9H2,1-4H3. The van der Waals surface area contributed by atoms with Gasteiger partial charge in [0.05, 0.1) is 11.7 Å². The van der Waals surface area contributed by atoms with Crippen molar-refractivity contribution in [2.24, 2.45) is 0 Å². The lowest BCUT2D eigenvalue weighted by Gasteiger charge is -2.35. The molecular weight excluding hydrogens is 232 g/mol. The number of hydrogen-bond donors (Lipinski definition) is 1. The van der Waals surface area contributed by atoms with E-state index in [1.54, 1.807) is 0 Å². The van der Waals surface area contributed by atoms with Gasteiger partial charge in [-0.1, -0.05) is 13.8 Å². The van der Waals surface area contributed by atoms with E-state index in [1.165, 1.54) is 0 Å². The molecule has 1 heterocycles. The van der Waals surface area contributed by atoms with Gasteiger partial charge in [0.2, 0.25) is 5.91 Å². The molecule has 17 heavy (non-hydrogen) atoms. The van der Waals surface area contributed by atoms with Gasteiger partial charge < -0.3 is 4.90 Å². The van der Waals surface area contributed by atoms with Crippen LogP contribution in [0.5, 0.6) is 0 Å². The number of rotatable bonds is 5. The monoisotopic (exact) mass is 256 g/mol. The lowest BCUT2D eigenvalue weighted by Crippen LogP contribution is -2.45. The van der Waals surface area contributed by atoms with Crippen LogP contribution >= 0.6 is 11.8 Å². The summed E-state index contributed by atoms with van der Waals surface area (Å²) in [6.45, 7) is 7.45. The molecule has 1 saturated carbocycles. The molecule has 1 aliphatic heterocycles. The SMILES string of the molecule is CCC(CC)(CN1C(=O)C2(CC2)NC1C)SC. The Hall–Kier alpha value is -0.220. The summed E-state index contributed by atoms with van der Waals surface area (Å²) in [5.74, 6) is 0.338. The minimum atomic E-state index is -0.162. The number of amides is 1. The predicted molar refractivity (Wildman–Crippen MR) is 73.1 cm³/mol. The maximum Gasteiger partial charge on any atom is 0.244 e. The average Bonchev–Trinajstić information content (AvgIpc) is 3.07. The van der Waals surface area contributed by atoms with Gasteiger partial charge in [0.15, 0.2) is 0 Å². The first kappa shape index (κ1) is 13.2. The smallest absolute Gasteiger partial charge is 0.244 e. The summed E-state index contributed by atoms with van der Waals surface area (Å²) in [6, 6.07) is 0. The predicted octanol–water partition coefficient (Wildman–Crippen LogP) is 2.22. The molecule has 3 nitrogen and oxygen atoms in total. The summed E-state index contributed by atoms with van der Waals surface area (Å²) in [7, 11) is 0. The van der Waals surface area contributed by atoms with Crippen LogP contribution in [0.2, 0.25) is 0 Å². The molecule has 1 atom stereocenters. The molecule has 0 aromatic heterocycles. The molecule has 0 aromatic carbocycles. The van der Waals surface area contributed by atoms with Crippen molar-refractivity contribution in [2.45, 2.75) is 62.9 Å². The Kier molecular flexibility index (Phi) is 3.47. The lowest BCUT2D eigenvalue weighted by atomic mass is 10.0. The van der Waals surface area contributed by atoms with Gasteiger partial charge in [-0.05, 0) is 38.9 Å². The molecule has 1 aliphatic carbocycles. The molecule has 4 heteroatoms. The van der Waals surface area contributed by atoms with Crippen molar-refractivity contribution in [3.63, 3.8) is 0 Å². The minimum Gasteiger partial charge on any atom is -0.324 e. The van der Waals surface area contributed by atoms with Gasteiger partial charge in [-0.15, -0.1) is 0 Å². The zero-order valence-corrected chi connectivity index (χ0v) is 12.2. The molecular formula is C13H24N2OS. The highest BCUT2D eigenvalue weighted by Gasteiger charge is 2.58. The highest BCUT2D eigenvalue weighted by atomic mass is 32.2. The van der Waals surface area contributed by atoms with E-state index < -0.39 is 0 Å². The second-order valence-electron chi connectivity index (χ2n) is 5.43. The van der Waals surface area contributed by atoms with Crippen LogP contribution in [0, 0.1) is 0 Å². The summed E-state index contributed by atoms with van der Waals surface area (Å²) in [4.78, 5) is 14.4. The third-order valence-electron chi connectivity index (χ3n) is 4.55. The van der Waals surface area contributed by atoms with Crippen LogP contribution in [-0.4, -0.2) is 40.1 Å². The van der Waals surface area contributed by atoms with Gasteiger partial charge in [-0.25, -0.2) is 0 Å². The highest BCUT2D eigenvalue weighted by Crippen LogP contribution is 2.43. The molecule has 1 amide bonds. The highest BCUT2D eigenvalue weighted by molar-refractivity contribution is 8.00. The van der Waals surface area contributed by atoms with Gasteiger partial charge in [0.1, 0.15) is 0 Å². The third kappa shape index (κ3) is 2.10. The van der Waals surface area contributed by atoms with Crippen molar-refractivity contribution in [1.82, 2.24) is 10.2 Å². The summed E-state index contributed by atoms with van der Waals surface area (Å²) in [5, 5.41) is 3.47. The number of carbonyl (C=O) groups excluding carboxylic acids is 1. The Balaban J connectivity index is 2.10. The Labute approximate surface area is 109 Å². The van der Waals surface area contributed by atoms with Gasteiger partial charge in [-0.2, -0.15) is 11.8 Å².